The van der Waals surface area contributed by atoms with Gasteiger partial charge in [0.2, 0.25) is 0 Å². The van der Waals surface area contributed by atoms with Crippen molar-refractivity contribution in [3.05, 3.63) is 35.4 Å². The van der Waals surface area contributed by atoms with E-state index in [-0.39, 0.29) is 5.60 Å². The van der Waals surface area contributed by atoms with Gasteiger partial charge in [0.05, 0.1) is 5.60 Å². The molecule has 0 bridgehead atoms. The van der Waals surface area contributed by atoms with E-state index in [0.29, 0.717) is 5.41 Å². The number of ether oxygens (including phenoxy) is 1. The summed E-state index contributed by atoms with van der Waals surface area (Å²) >= 11 is 0. The fourth-order valence-corrected chi connectivity index (χ4v) is 1.65. The molecule has 0 aliphatic carbocycles. The van der Waals surface area contributed by atoms with Gasteiger partial charge >= 0.3 is 0 Å². The summed E-state index contributed by atoms with van der Waals surface area (Å²) in [6.07, 6.45) is 1.09. The van der Waals surface area contributed by atoms with Crippen LogP contribution in [0.1, 0.15) is 52.2 Å². The Balaban J connectivity index is 2.59. The smallest absolute Gasteiger partial charge is 0.0875 e. The minimum absolute atomic E-state index is 0.195. The van der Waals surface area contributed by atoms with Crippen molar-refractivity contribution in [3.63, 3.8) is 0 Å². The summed E-state index contributed by atoms with van der Waals surface area (Å²) in [6, 6.07) is 8.60. The van der Waals surface area contributed by atoms with E-state index in [9.17, 15) is 0 Å². The fourth-order valence-electron chi connectivity index (χ4n) is 1.65. The van der Waals surface area contributed by atoms with E-state index in [1.807, 2.05) is 0 Å². The molecule has 1 heteroatoms. The van der Waals surface area contributed by atoms with Gasteiger partial charge in [-0.25, -0.2) is 0 Å². The molecule has 0 atom stereocenters. The van der Waals surface area contributed by atoms with Crippen molar-refractivity contribution < 1.29 is 4.74 Å². The van der Waals surface area contributed by atoms with Gasteiger partial charge in [0.1, 0.15) is 0 Å². The van der Waals surface area contributed by atoms with Gasteiger partial charge in [-0.2, -0.15) is 0 Å². The second kappa shape index (κ2) is 5.22. The van der Waals surface area contributed by atoms with Crippen molar-refractivity contribution in [2.45, 2.75) is 53.6 Å². The van der Waals surface area contributed by atoms with Gasteiger partial charge in [0, 0.05) is 6.61 Å². The van der Waals surface area contributed by atoms with Gasteiger partial charge in [-0.3, -0.25) is 0 Å². The second-order valence-electron chi connectivity index (χ2n) is 6.54. The van der Waals surface area contributed by atoms with Crippen LogP contribution in [0.4, 0.5) is 0 Å². The highest BCUT2D eigenvalue weighted by atomic mass is 16.5. The minimum atomic E-state index is -0.195. The largest absolute Gasteiger partial charge is 0.371 e. The fraction of sp³-hybridized carbons (Fsp3) is 0.625. The number of hydrogen-bond acceptors (Lipinski definition) is 1. The van der Waals surface area contributed by atoms with Crippen LogP contribution in [0.25, 0.3) is 0 Å². The normalized spacial score (nSPS) is 12.8. The van der Waals surface area contributed by atoms with E-state index in [4.69, 9.17) is 4.74 Å². The summed E-state index contributed by atoms with van der Waals surface area (Å²) in [5, 5.41) is 0. The highest BCUT2D eigenvalue weighted by Crippen LogP contribution is 2.27. The molecule has 0 aliphatic rings. The topological polar surface area (TPSA) is 9.23 Å². The highest BCUT2D eigenvalue weighted by Gasteiger charge is 2.22. The number of aryl methyl sites for hydroxylation is 1. The summed E-state index contributed by atoms with van der Waals surface area (Å²) in [4.78, 5) is 0. The molecule has 1 rings (SSSR count). The first-order chi connectivity index (χ1) is 7.71. The molecule has 0 radical (unpaired) electrons. The monoisotopic (exact) mass is 234 g/mol. The van der Waals surface area contributed by atoms with Crippen molar-refractivity contribution in [2.75, 3.05) is 6.61 Å². The average Bonchev–Trinajstić information content (AvgIpc) is 2.15. The lowest BCUT2D eigenvalue weighted by Crippen LogP contribution is -2.24. The van der Waals surface area contributed by atoms with Crippen LogP contribution in [-0.4, -0.2) is 6.61 Å². The second-order valence-corrected chi connectivity index (χ2v) is 6.54. The van der Waals surface area contributed by atoms with Crippen molar-refractivity contribution in [1.29, 1.82) is 0 Å². The Hall–Kier alpha value is -0.820. The van der Waals surface area contributed by atoms with E-state index in [0.717, 1.165) is 13.0 Å². The van der Waals surface area contributed by atoms with Crippen molar-refractivity contribution in [3.8, 4) is 0 Å². The first-order valence-electron chi connectivity index (χ1n) is 6.42. The zero-order valence-corrected chi connectivity index (χ0v) is 12.1. The van der Waals surface area contributed by atoms with Gasteiger partial charge in [-0.1, -0.05) is 50.6 Å². The van der Waals surface area contributed by atoms with Crippen molar-refractivity contribution in [2.24, 2.45) is 5.41 Å². The molecule has 0 N–H and O–H groups in total. The Bertz CT molecular complexity index is 341. The maximum absolute atomic E-state index is 6.03. The first-order valence-corrected chi connectivity index (χ1v) is 6.42. The Morgan fingerprint density at radius 3 is 1.94 bits per heavy atom. The minimum Gasteiger partial charge on any atom is -0.371 e. The molecule has 17 heavy (non-hydrogen) atoms. The van der Waals surface area contributed by atoms with E-state index in [2.05, 4.69) is 65.8 Å². The third-order valence-corrected chi connectivity index (χ3v) is 3.06. The van der Waals surface area contributed by atoms with E-state index < -0.39 is 0 Å². The van der Waals surface area contributed by atoms with Crippen LogP contribution < -0.4 is 0 Å². The summed E-state index contributed by atoms with van der Waals surface area (Å²) in [5.41, 5.74) is 2.68. The molecule has 1 aromatic carbocycles. The first kappa shape index (κ1) is 14.2. The predicted molar refractivity (Wildman–Crippen MR) is 74.2 cm³/mol. The Morgan fingerprint density at radius 2 is 1.47 bits per heavy atom. The maximum Gasteiger partial charge on any atom is 0.0875 e. The molecule has 0 saturated carbocycles. The number of rotatable bonds is 4. The molecular weight excluding hydrogens is 208 g/mol. The molecule has 96 valence electrons. The molecule has 0 aromatic heterocycles. The Kier molecular flexibility index (Phi) is 4.37. The van der Waals surface area contributed by atoms with E-state index >= 15 is 0 Å². The summed E-state index contributed by atoms with van der Waals surface area (Å²) in [6.45, 7) is 13.9. The third kappa shape index (κ3) is 4.91. The lowest BCUT2D eigenvalue weighted by atomic mass is 9.92. The van der Waals surface area contributed by atoms with E-state index in [1.54, 1.807) is 0 Å². The van der Waals surface area contributed by atoms with E-state index in [1.165, 1.54) is 11.1 Å². The molecule has 0 saturated heterocycles. The van der Waals surface area contributed by atoms with Gasteiger partial charge < -0.3 is 4.74 Å². The molecule has 0 unspecified atom stereocenters. The number of benzene rings is 1. The SMILES string of the molecule is Cc1ccc(C(C)(C)OCCC(C)(C)C)cc1. The number of hydrogen-bond donors (Lipinski definition) is 0. The summed E-state index contributed by atoms with van der Waals surface area (Å²) in [5.74, 6) is 0. The molecular formula is C16H26O. The van der Waals surface area contributed by atoms with Crippen LogP contribution in [0.15, 0.2) is 24.3 Å². The molecule has 0 spiro atoms. The Labute approximate surface area is 106 Å². The van der Waals surface area contributed by atoms with Gasteiger partial charge in [-0.15, -0.1) is 0 Å². The van der Waals surface area contributed by atoms with Crippen LogP contribution in [0.3, 0.4) is 0 Å². The Morgan fingerprint density at radius 1 is 0.941 bits per heavy atom. The average molecular weight is 234 g/mol. The van der Waals surface area contributed by atoms with Gasteiger partial charge in [-0.05, 0) is 38.2 Å². The molecule has 0 heterocycles. The zero-order valence-electron chi connectivity index (χ0n) is 12.1. The molecule has 1 nitrogen and oxygen atoms in total. The van der Waals surface area contributed by atoms with Gasteiger partial charge in [0.15, 0.2) is 0 Å². The lowest BCUT2D eigenvalue weighted by Gasteiger charge is -2.28. The standard InChI is InChI=1S/C16H26O/c1-13-7-9-14(10-8-13)16(5,6)17-12-11-15(2,3)4/h7-10H,11-12H2,1-6H3. The lowest BCUT2D eigenvalue weighted by molar-refractivity contribution is -0.0317. The summed E-state index contributed by atoms with van der Waals surface area (Å²) < 4.78 is 6.03. The van der Waals surface area contributed by atoms with Crippen molar-refractivity contribution in [1.82, 2.24) is 0 Å². The van der Waals surface area contributed by atoms with Crippen LogP contribution in [0, 0.1) is 12.3 Å². The molecule has 0 amide bonds. The van der Waals surface area contributed by atoms with Crippen LogP contribution in [-0.2, 0) is 10.3 Å². The van der Waals surface area contributed by atoms with Crippen molar-refractivity contribution >= 4 is 0 Å². The maximum atomic E-state index is 6.03. The molecule has 0 aliphatic heterocycles. The quantitative estimate of drug-likeness (QED) is 0.734. The third-order valence-electron chi connectivity index (χ3n) is 3.06. The molecule has 1 aromatic rings. The summed E-state index contributed by atoms with van der Waals surface area (Å²) in [7, 11) is 0. The van der Waals surface area contributed by atoms with Crippen LogP contribution in [0.2, 0.25) is 0 Å². The van der Waals surface area contributed by atoms with Crippen LogP contribution >= 0.6 is 0 Å². The van der Waals surface area contributed by atoms with Crippen LogP contribution in [0.5, 0.6) is 0 Å². The predicted octanol–water partition coefficient (Wildman–Crippen LogP) is 4.68. The zero-order chi connectivity index (χ0) is 13.1. The molecule has 0 fully saturated rings. The highest BCUT2D eigenvalue weighted by molar-refractivity contribution is 5.25. The van der Waals surface area contributed by atoms with Gasteiger partial charge in [0.25, 0.3) is 0 Å².